The van der Waals surface area contributed by atoms with Crippen LogP contribution in [0.15, 0.2) is 12.7 Å². The van der Waals surface area contributed by atoms with Crippen molar-refractivity contribution in [3.8, 4) is 0 Å². The van der Waals surface area contributed by atoms with Crippen molar-refractivity contribution in [2.45, 2.75) is 33.2 Å². The number of aryl methyl sites for hydroxylation is 2. The Labute approximate surface area is 108 Å². The predicted octanol–water partition coefficient (Wildman–Crippen LogP) is 1.83. The van der Waals surface area contributed by atoms with Crippen molar-refractivity contribution >= 4 is 11.6 Å². The largest absolute Gasteiger partial charge is 0.395 e. The summed E-state index contributed by atoms with van der Waals surface area (Å²) in [4.78, 5) is 14.0. The number of anilines is 1. The van der Waals surface area contributed by atoms with Crippen LogP contribution in [0.4, 0.5) is 5.69 Å². The van der Waals surface area contributed by atoms with Gasteiger partial charge in [0.05, 0.1) is 11.4 Å². The molecule has 1 aromatic rings. The molecule has 0 aliphatic heterocycles. The third-order valence-electron chi connectivity index (χ3n) is 2.92. The fourth-order valence-electron chi connectivity index (χ4n) is 1.80. The van der Waals surface area contributed by atoms with E-state index in [1.807, 2.05) is 19.9 Å². The molecule has 2 N–H and O–H groups in total. The number of nitrogens with two attached hydrogens (primary N) is 1. The van der Waals surface area contributed by atoms with Crippen LogP contribution in [-0.4, -0.2) is 34.2 Å². The Balaban J connectivity index is 2.85. The van der Waals surface area contributed by atoms with Gasteiger partial charge in [0, 0.05) is 20.1 Å². The fraction of sp³-hybridized carbons (Fsp3) is 0.538. The minimum absolute atomic E-state index is 0.0704. The summed E-state index contributed by atoms with van der Waals surface area (Å²) in [6, 6.07) is 0. The maximum Gasteiger partial charge on any atom is 0.274 e. The summed E-state index contributed by atoms with van der Waals surface area (Å²) in [5.41, 5.74) is 7.61. The molecule has 0 aliphatic rings. The molecule has 1 aromatic heterocycles. The number of unbranched alkanes of at least 4 members (excludes halogenated alkanes) is 1. The maximum atomic E-state index is 12.3. The Hall–Kier alpha value is -1.78. The molecule has 1 rings (SSSR count). The average Bonchev–Trinajstić information content (AvgIpc) is 2.64. The number of hydrogen-bond acceptors (Lipinski definition) is 3. The first-order chi connectivity index (χ1) is 8.52. The Bertz CT molecular complexity index is 436. The monoisotopic (exact) mass is 250 g/mol. The van der Waals surface area contributed by atoms with Crippen LogP contribution in [-0.2, 0) is 6.54 Å². The number of rotatable bonds is 6. The molecule has 5 heteroatoms. The van der Waals surface area contributed by atoms with Gasteiger partial charge in [-0.05, 0) is 26.7 Å². The molecule has 5 nitrogen and oxygen atoms in total. The van der Waals surface area contributed by atoms with E-state index < -0.39 is 0 Å². The van der Waals surface area contributed by atoms with E-state index in [1.165, 1.54) is 0 Å². The van der Waals surface area contributed by atoms with Crippen LogP contribution in [0, 0.1) is 6.92 Å². The van der Waals surface area contributed by atoms with E-state index in [-0.39, 0.29) is 5.91 Å². The first-order valence-electron chi connectivity index (χ1n) is 6.22. The lowest BCUT2D eigenvalue weighted by atomic mass is 10.2. The van der Waals surface area contributed by atoms with Gasteiger partial charge in [-0.2, -0.15) is 5.10 Å². The molecular formula is C13H22N4O. The van der Waals surface area contributed by atoms with Crippen LogP contribution in [0.1, 0.15) is 35.9 Å². The topological polar surface area (TPSA) is 64.2 Å². The molecule has 0 radical (unpaired) electrons. The third-order valence-corrected chi connectivity index (χ3v) is 2.92. The summed E-state index contributed by atoms with van der Waals surface area (Å²) in [5, 5.41) is 4.26. The number of carbonyl (C=O) groups is 1. The van der Waals surface area contributed by atoms with Gasteiger partial charge < -0.3 is 10.6 Å². The Morgan fingerprint density at radius 2 is 2.28 bits per heavy atom. The van der Waals surface area contributed by atoms with Crippen molar-refractivity contribution in [1.82, 2.24) is 14.7 Å². The molecule has 0 aromatic carbocycles. The molecule has 0 aliphatic carbocycles. The van der Waals surface area contributed by atoms with Crippen LogP contribution in [0.2, 0.25) is 0 Å². The summed E-state index contributed by atoms with van der Waals surface area (Å²) in [6.45, 7) is 8.76. The molecule has 0 fully saturated rings. The molecule has 0 atom stereocenters. The normalized spacial score (nSPS) is 10.4. The third kappa shape index (κ3) is 2.91. The highest BCUT2D eigenvalue weighted by molar-refractivity contribution is 5.97. The number of carbonyl (C=O) groups excluding carboxylic acids is 1. The Kier molecular flexibility index (Phi) is 4.95. The van der Waals surface area contributed by atoms with Gasteiger partial charge in [0.1, 0.15) is 5.69 Å². The summed E-state index contributed by atoms with van der Waals surface area (Å²) in [6.07, 6.45) is 3.66. The molecule has 0 saturated heterocycles. The number of nitrogens with zero attached hydrogens (tertiary/aromatic N) is 3. The predicted molar refractivity (Wildman–Crippen MR) is 73.4 cm³/mol. The van der Waals surface area contributed by atoms with E-state index >= 15 is 0 Å². The van der Waals surface area contributed by atoms with Gasteiger partial charge >= 0.3 is 0 Å². The SMILES string of the molecule is C=CCCCN(C)C(=O)c1c(N)c(C)nn1CC. The fourth-order valence-corrected chi connectivity index (χ4v) is 1.80. The number of amides is 1. The minimum atomic E-state index is -0.0704. The van der Waals surface area contributed by atoms with Crippen LogP contribution in [0.25, 0.3) is 0 Å². The van der Waals surface area contributed by atoms with E-state index in [0.717, 1.165) is 12.8 Å². The highest BCUT2D eigenvalue weighted by Gasteiger charge is 2.21. The van der Waals surface area contributed by atoms with Crippen LogP contribution in [0.5, 0.6) is 0 Å². The summed E-state index contributed by atoms with van der Waals surface area (Å²) in [5.74, 6) is -0.0704. The quantitative estimate of drug-likeness (QED) is 0.619. The highest BCUT2D eigenvalue weighted by atomic mass is 16.2. The lowest BCUT2D eigenvalue weighted by Gasteiger charge is -2.17. The van der Waals surface area contributed by atoms with Gasteiger partial charge in [-0.15, -0.1) is 6.58 Å². The van der Waals surface area contributed by atoms with Gasteiger partial charge in [-0.25, -0.2) is 0 Å². The van der Waals surface area contributed by atoms with E-state index in [4.69, 9.17) is 5.73 Å². The van der Waals surface area contributed by atoms with Crippen LogP contribution in [0.3, 0.4) is 0 Å². The highest BCUT2D eigenvalue weighted by Crippen LogP contribution is 2.18. The van der Waals surface area contributed by atoms with E-state index in [1.54, 1.807) is 16.6 Å². The average molecular weight is 250 g/mol. The molecule has 0 saturated carbocycles. The van der Waals surface area contributed by atoms with Gasteiger partial charge in [0.25, 0.3) is 5.91 Å². The van der Waals surface area contributed by atoms with Gasteiger partial charge in [-0.3, -0.25) is 9.48 Å². The first kappa shape index (κ1) is 14.3. The zero-order valence-corrected chi connectivity index (χ0v) is 11.4. The number of allylic oxidation sites excluding steroid dienone is 1. The van der Waals surface area contributed by atoms with Crippen molar-refractivity contribution in [2.75, 3.05) is 19.3 Å². The zero-order chi connectivity index (χ0) is 13.7. The number of aromatic nitrogens is 2. The van der Waals surface area contributed by atoms with E-state index in [0.29, 0.717) is 30.2 Å². The standard InChI is InChI=1S/C13H22N4O/c1-5-7-8-9-16(4)13(18)12-11(14)10(3)15-17(12)6-2/h5H,1,6-9,14H2,2-4H3. The Morgan fingerprint density at radius 1 is 1.61 bits per heavy atom. The Morgan fingerprint density at radius 3 is 2.83 bits per heavy atom. The van der Waals surface area contributed by atoms with E-state index in [9.17, 15) is 4.79 Å². The molecule has 1 amide bonds. The van der Waals surface area contributed by atoms with Crippen LogP contribution < -0.4 is 5.73 Å². The molecule has 0 bridgehead atoms. The minimum Gasteiger partial charge on any atom is -0.395 e. The van der Waals surface area contributed by atoms with Crippen molar-refractivity contribution in [3.05, 3.63) is 24.0 Å². The lowest BCUT2D eigenvalue weighted by Crippen LogP contribution is -2.30. The smallest absolute Gasteiger partial charge is 0.274 e. The molecule has 0 unspecified atom stereocenters. The number of hydrogen-bond donors (Lipinski definition) is 1. The molecule has 100 valence electrons. The first-order valence-corrected chi connectivity index (χ1v) is 6.22. The van der Waals surface area contributed by atoms with Crippen molar-refractivity contribution in [2.24, 2.45) is 0 Å². The zero-order valence-electron chi connectivity index (χ0n) is 11.4. The van der Waals surface area contributed by atoms with Crippen molar-refractivity contribution in [1.29, 1.82) is 0 Å². The molecule has 1 heterocycles. The number of nitrogen functional groups attached to an aromatic ring is 1. The maximum absolute atomic E-state index is 12.3. The summed E-state index contributed by atoms with van der Waals surface area (Å²) < 4.78 is 1.66. The van der Waals surface area contributed by atoms with Crippen molar-refractivity contribution < 1.29 is 4.79 Å². The summed E-state index contributed by atoms with van der Waals surface area (Å²) in [7, 11) is 1.78. The molecule has 18 heavy (non-hydrogen) atoms. The lowest BCUT2D eigenvalue weighted by molar-refractivity contribution is 0.0782. The van der Waals surface area contributed by atoms with Crippen molar-refractivity contribution in [3.63, 3.8) is 0 Å². The van der Waals surface area contributed by atoms with Gasteiger partial charge in [0.2, 0.25) is 0 Å². The van der Waals surface area contributed by atoms with Crippen LogP contribution >= 0.6 is 0 Å². The molecular weight excluding hydrogens is 228 g/mol. The second kappa shape index (κ2) is 6.23. The molecule has 0 spiro atoms. The second-order valence-electron chi connectivity index (χ2n) is 4.32. The second-order valence-corrected chi connectivity index (χ2v) is 4.32. The van der Waals surface area contributed by atoms with E-state index in [2.05, 4.69) is 11.7 Å². The summed E-state index contributed by atoms with van der Waals surface area (Å²) >= 11 is 0. The van der Waals surface area contributed by atoms with Gasteiger partial charge in [0.15, 0.2) is 0 Å². The van der Waals surface area contributed by atoms with Gasteiger partial charge in [-0.1, -0.05) is 6.08 Å².